The summed E-state index contributed by atoms with van der Waals surface area (Å²) < 4.78 is 24.1. The highest BCUT2D eigenvalue weighted by atomic mass is 16.7. The summed E-state index contributed by atoms with van der Waals surface area (Å²) in [6, 6.07) is 0. The molecule has 4 heterocycles. The summed E-state index contributed by atoms with van der Waals surface area (Å²) in [5, 5.41) is 0. The lowest BCUT2D eigenvalue weighted by Crippen LogP contribution is -2.67. The van der Waals surface area contributed by atoms with Crippen LogP contribution in [0.5, 0.6) is 0 Å². The molecule has 7 rings (SSSR count). The van der Waals surface area contributed by atoms with Crippen LogP contribution in [0.4, 0.5) is 0 Å². The average Bonchev–Trinajstić information content (AvgIpc) is 3.47. The number of ether oxygens (including phenoxy) is 4. The number of hydrogen-bond acceptors (Lipinski definition) is 6. The number of hydrogen-bond donors (Lipinski definition) is 0. The van der Waals surface area contributed by atoms with Crippen LogP contribution in [0.15, 0.2) is 11.1 Å². The maximum Gasteiger partial charge on any atom is 0.334 e. The Kier molecular flexibility index (Phi) is 2.10. The van der Waals surface area contributed by atoms with Crippen LogP contribution in [0.2, 0.25) is 0 Å². The molecule has 0 amide bonds. The summed E-state index contributed by atoms with van der Waals surface area (Å²) in [5.41, 5.74) is -0.371. The third kappa shape index (κ3) is 1.10. The van der Waals surface area contributed by atoms with Crippen molar-refractivity contribution in [3.05, 3.63) is 11.1 Å². The quantitative estimate of drug-likeness (QED) is 0.519. The SMILES string of the molecule is CC(C)[C@]12O[C@H]1[C@H]1O[C@]13[C@@]1(C)CCC4=C(COC4=O)[C@H]1C[C@@H]1O[C@@]13C2=O. The van der Waals surface area contributed by atoms with Gasteiger partial charge in [0.05, 0.1) is 6.10 Å². The van der Waals surface area contributed by atoms with E-state index in [1.165, 1.54) is 0 Å². The van der Waals surface area contributed by atoms with Gasteiger partial charge in [-0.25, -0.2) is 4.79 Å². The number of rotatable bonds is 1. The van der Waals surface area contributed by atoms with Gasteiger partial charge in [0.1, 0.15) is 24.4 Å². The fourth-order valence-electron chi connectivity index (χ4n) is 7.41. The first kappa shape index (κ1) is 14.8. The van der Waals surface area contributed by atoms with Crippen molar-refractivity contribution in [2.45, 2.75) is 75.1 Å². The fraction of sp³-hybridized carbons (Fsp3) is 0.800. The molecule has 7 aliphatic rings. The van der Waals surface area contributed by atoms with E-state index in [1.54, 1.807) is 0 Å². The predicted octanol–water partition coefficient (Wildman–Crippen LogP) is 1.31. The normalized spacial score (nSPS) is 60.3. The lowest BCUT2D eigenvalue weighted by Gasteiger charge is -2.51. The molecule has 6 heteroatoms. The molecule has 0 radical (unpaired) electrons. The van der Waals surface area contributed by atoms with E-state index < -0.39 is 16.8 Å². The van der Waals surface area contributed by atoms with E-state index in [0.717, 1.165) is 24.0 Å². The monoisotopic (exact) mass is 358 g/mol. The third-order valence-corrected chi connectivity index (χ3v) is 8.82. The molecule has 0 aromatic rings. The minimum absolute atomic E-state index is 0.0689. The van der Waals surface area contributed by atoms with Gasteiger partial charge in [-0.3, -0.25) is 4.79 Å². The summed E-state index contributed by atoms with van der Waals surface area (Å²) in [4.78, 5) is 25.7. The highest BCUT2D eigenvalue weighted by molar-refractivity contribution is 6.05. The van der Waals surface area contributed by atoms with Gasteiger partial charge in [0, 0.05) is 11.0 Å². The van der Waals surface area contributed by atoms with E-state index in [4.69, 9.17) is 18.9 Å². The van der Waals surface area contributed by atoms with Gasteiger partial charge in [0.25, 0.3) is 0 Å². The van der Waals surface area contributed by atoms with Crippen LogP contribution in [0.1, 0.15) is 40.0 Å². The van der Waals surface area contributed by atoms with Crippen LogP contribution in [-0.4, -0.2) is 53.5 Å². The third-order valence-electron chi connectivity index (χ3n) is 8.82. The lowest BCUT2D eigenvalue weighted by molar-refractivity contribution is -0.139. The summed E-state index contributed by atoms with van der Waals surface area (Å²) in [6.45, 7) is 6.72. The summed E-state index contributed by atoms with van der Waals surface area (Å²) >= 11 is 0. The van der Waals surface area contributed by atoms with Gasteiger partial charge in [-0.2, -0.15) is 0 Å². The van der Waals surface area contributed by atoms with Gasteiger partial charge in [-0.15, -0.1) is 0 Å². The summed E-state index contributed by atoms with van der Waals surface area (Å²) in [6.07, 6.45) is 1.97. The Morgan fingerprint density at radius 3 is 2.69 bits per heavy atom. The van der Waals surface area contributed by atoms with Crippen molar-refractivity contribution in [1.82, 2.24) is 0 Å². The Bertz CT molecular complexity index is 860. The second kappa shape index (κ2) is 3.69. The Hall–Kier alpha value is -1.24. The number of epoxide rings is 3. The van der Waals surface area contributed by atoms with Crippen LogP contribution < -0.4 is 0 Å². The van der Waals surface area contributed by atoms with Crippen LogP contribution in [0, 0.1) is 17.3 Å². The molecule has 3 aliphatic carbocycles. The molecule has 26 heavy (non-hydrogen) atoms. The molecular weight excluding hydrogens is 336 g/mol. The van der Waals surface area contributed by atoms with Gasteiger partial charge in [0.2, 0.25) is 5.78 Å². The molecule has 0 aromatic heterocycles. The Balaban J connectivity index is 1.40. The molecule has 2 spiro atoms. The van der Waals surface area contributed by atoms with E-state index >= 15 is 0 Å². The maximum absolute atomic E-state index is 13.6. The zero-order valence-electron chi connectivity index (χ0n) is 15.2. The number of carbonyl (C=O) groups is 2. The van der Waals surface area contributed by atoms with Crippen molar-refractivity contribution in [1.29, 1.82) is 0 Å². The molecule has 6 nitrogen and oxygen atoms in total. The predicted molar refractivity (Wildman–Crippen MR) is 86.1 cm³/mol. The van der Waals surface area contributed by atoms with E-state index in [9.17, 15) is 9.59 Å². The molecule has 138 valence electrons. The van der Waals surface area contributed by atoms with Gasteiger partial charge < -0.3 is 18.9 Å². The molecule has 2 saturated carbocycles. The standard InChI is InChI=1S/C20H22O6/c1-8(2)18-13(25-18)14-20(26-14)17(3)5-4-9-10(7-23-15(9)21)11(17)6-12-19(20,24-12)16(18)22/h8,11-14H,4-7H2,1-3H3/t11-,12+,13+,14-,17+,18+,19-,20+/m1/s1. The minimum Gasteiger partial charge on any atom is -0.458 e. The second-order valence-corrected chi connectivity index (χ2v) is 9.72. The molecule has 3 saturated heterocycles. The molecule has 0 aromatic carbocycles. The van der Waals surface area contributed by atoms with Crippen molar-refractivity contribution in [3.63, 3.8) is 0 Å². The molecule has 0 bridgehead atoms. The topological polar surface area (TPSA) is 81.0 Å². The zero-order valence-corrected chi connectivity index (χ0v) is 15.2. The Labute approximate surface area is 151 Å². The van der Waals surface area contributed by atoms with Crippen molar-refractivity contribution in [2.24, 2.45) is 17.3 Å². The number of Topliss-reactive ketones (excluding diaryl/α,β-unsaturated/α-hetero) is 1. The van der Waals surface area contributed by atoms with Gasteiger partial charge >= 0.3 is 5.97 Å². The molecule has 0 N–H and O–H groups in total. The lowest BCUT2D eigenvalue weighted by atomic mass is 9.47. The summed E-state index contributed by atoms with van der Waals surface area (Å²) in [7, 11) is 0. The minimum atomic E-state index is -0.832. The van der Waals surface area contributed by atoms with Gasteiger partial charge in [-0.1, -0.05) is 20.8 Å². The van der Waals surface area contributed by atoms with E-state index in [-0.39, 0.29) is 47.3 Å². The van der Waals surface area contributed by atoms with E-state index in [2.05, 4.69) is 6.92 Å². The van der Waals surface area contributed by atoms with Crippen LogP contribution in [-0.2, 0) is 28.5 Å². The van der Waals surface area contributed by atoms with Crippen LogP contribution in [0.25, 0.3) is 0 Å². The summed E-state index contributed by atoms with van der Waals surface area (Å²) in [5.74, 6) is 0.252. The van der Waals surface area contributed by atoms with Crippen molar-refractivity contribution in [2.75, 3.05) is 6.61 Å². The fourth-order valence-corrected chi connectivity index (χ4v) is 7.41. The molecule has 5 fully saturated rings. The van der Waals surface area contributed by atoms with Crippen molar-refractivity contribution in [3.8, 4) is 0 Å². The molecule has 0 unspecified atom stereocenters. The number of esters is 1. The molecule has 8 atom stereocenters. The number of fused-ring (bicyclic) bond motifs is 4. The van der Waals surface area contributed by atoms with Gasteiger partial charge in [0.15, 0.2) is 11.2 Å². The smallest absolute Gasteiger partial charge is 0.334 e. The zero-order chi connectivity index (χ0) is 17.9. The van der Waals surface area contributed by atoms with Crippen LogP contribution in [0.3, 0.4) is 0 Å². The number of ketones is 1. The Morgan fingerprint density at radius 2 is 1.92 bits per heavy atom. The van der Waals surface area contributed by atoms with E-state index in [1.807, 2.05) is 13.8 Å². The average molecular weight is 358 g/mol. The van der Waals surface area contributed by atoms with Gasteiger partial charge in [-0.05, 0) is 36.7 Å². The largest absolute Gasteiger partial charge is 0.458 e. The van der Waals surface area contributed by atoms with Crippen molar-refractivity contribution >= 4 is 11.8 Å². The second-order valence-electron chi connectivity index (χ2n) is 9.72. The number of carbonyl (C=O) groups excluding carboxylic acids is 2. The maximum atomic E-state index is 13.6. The Morgan fingerprint density at radius 1 is 1.12 bits per heavy atom. The highest BCUT2D eigenvalue weighted by Crippen LogP contribution is 2.81. The number of cyclic esters (lactones) is 1. The highest BCUT2D eigenvalue weighted by Gasteiger charge is 3.00. The first-order valence-electron chi connectivity index (χ1n) is 9.82. The molecule has 4 aliphatic heterocycles. The molecular formula is C20H22O6. The first-order valence-corrected chi connectivity index (χ1v) is 9.82. The first-order chi connectivity index (χ1) is 12.3. The van der Waals surface area contributed by atoms with Crippen molar-refractivity contribution < 1.29 is 28.5 Å². The van der Waals surface area contributed by atoms with E-state index in [0.29, 0.717) is 13.0 Å². The van der Waals surface area contributed by atoms with Crippen LogP contribution >= 0.6 is 0 Å².